The lowest BCUT2D eigenvalue weighted by molar-refractivity contribution is 0.0934. The highest BCUT2D eigenvalue weighted by Gasteiger charge is 2.20. The lowest BCUT2D eigenvalue weighted by Crippen LogP contribution is -2.29. The van der Waals surface area contributed by atoms with Gasteiger partial charge in [0.25, 0.3) is 5.91 Å². The summed E-state index contributed by atoms with van der Waals surface area (Å²) in [4.78, 5) is 12.3. The first-order chi connectivity index (χ1) is 11.5. The molecule has 0 aliphatic carbocycles. The van der Waals surface area contributed by atoms with Gasteiger partial charge in [-0.05, 0) is 50.6 Å². The van der Waals surface area contributed by atoms with Crippen LogP contribution in [0.2, 0.25) is 5.02 Å². The van der Waals surface area contributed by atoms with Crippen molar-refractivity contribution >= 4 is 29.9 Å². The lowest BCUT2D eigenvalue weighted by Gasteiger charge is -2.22. The van der Waals surface area contributed by atoms with E-state index in [0.717, 1.165) is 25.9 Å². The van der Waals surface area contributed by atoms with Crippen LogP contribution in [0.15, 0.2) is 24.4 Å². The van der Waals surface area contributed by atoms with E-state index in [1.54, 1.807) is 23.9 Å². The number of carbonyl (C=O) groups is 1. The van der Waals surface area contributed by atoms with E-state index in [9.17, 15) is 9.18 Å². The molecular weight excluding hydrogens is 368 g/mol. The Morgan fingerprint density at radius 3 is 2.84 bits per heavy atom. The Bertz CT molecular complexity index is 733. The fourth-order valence-corrected chi connectivity index (χ4v) is 3.16. The fourth-order valence-electron chi connectivity index (χ4n) is 2.83. The number of piperidine rings is 1. The highest BCUT2D eigenvalue weighted by molar-refractivity contribution is 6.31. The summed E-state index contributed by atoms with van der Waals surface area (Å²) in [5.74, 6) is -0.740. The molecule has 3 rings (SSSR count). The minimum atomic E-state index is -0.410. The van der Waals surface area contributed by atoms with Crippen LogP contribution in [0.25, 0.3) is 0 Å². The van der Waals surface area contributed by atoms with E-state index in [-0.39, 0.29) is 41.1 Å². The van der Waals surface area contributed by atoms with E-state index in [1.165, 1.54) is 12.1 Å². The minimum absolute atomic E-state index is 0. The molecule has 1 fully saturated rings. The van der Waals surface area contributed by atoms with Gasteiger partial charge in [-0.2, -0.15) is 0 Å². The Hall–Kier alpha value is -1.70. The molecule has 0 saturated carbocycles. The monoisotopic (exact) mass is 387 g/mol. The smallest absolute Gasteiger partial charge is 0.273 e. The van der Waals surface area contributed by atoms with E-state index in [2.05, 4.69) is 20.9 Å². The van der Waals surface area contributed by atoms with Gasteiger partial charge in [0.05, 0.1) is 18.3 Å². The van der Waals surface area contributed by atoms with Crippen LogP contribution < -0.4 is 10.6 Å². The molecule has 0 radical (unpaired) electrons. The highest BCUT2D eigenvalue weighted by Crippen LogP contribution is 2.24. The van der Waals surface area contributed by atoms with Gasteiger partial charge in [0.15, 0.2) is 5.69 Å². The Morgan fingerprint density at radius 1 is 1.44 bits per heavy atom. The molecule has 9 heteroatoms. The van der Waals surface area contributed by atoms with Gasteiger partial charge in [0.2, 0.25) is 0 Å². The molecule has 25 heavy (non-hydrogen) atoms. The van der Waals surface area contributed by atoms with Crippen LogP contribution in [0.5, 0.6) is 0 Å². The molecule has 1 atom stereocenters. The van der Waals surface area contributed by atoms with Crippen molar-refractivity contribution in [2.24, 2.45) is 0 Å². The van der Waals surface area contributed by atoms with Gasteiger partial charge >= 0.3 is 0 Å². The van der Waals surface area contributed by atoms with E-state index >= 15 is 0 Å². The summed E-state index contributed by atoms with van der Waals surface area (Å²) in [6.07, 6.45) is 3.60. The zero-order valence-electron chi connectivity index (χ0n) is 13.7. The molecular formula is C16H20Cl2FN5O. The highest BCUT2D eigenvalue weighted by atomic mass is 35.5. The first-order valence-corrected chi connectivity index (χ1v) is 8.31. The number of nitrogens with zero attached hydrogens (tertiary/aromatic N) is 3. The second kappa shape index (κ2) is 8.60. The number of benzene rings is 1. The largest absolute Gasteiger partial charge is 0.344 e. The van der Waals surface area contributed by atoms with Crippen molar-refractivity contribution < 1.29 is 9.18 Å². The molecule has 2 heterocycles. The first-order valence-electron chi connectivity index (χ1n) is 7.93. The van der Waals surface area contributed by atoms with Gasteiger partial charge in [-0.1, -0.05) is 22.9 Å². The predicted octanol–water partition coefficient (Wildman–Crippen LogP) is 2.91. The van der Waals surface area contributed by atoms with E-state index in [0.29, 0.717) is 5.56 Å². The maximum absolute atomic E-state index is 13.1. The maximum atomic E-state index is 13.1. The molecule has 1 aromatic carbocycles. The Kier molecular flexibility index (Phi) is 6.75. The van der Waals surface area contributed by atoms with E-state index in [1.807, 2.05) is 0 Å². The maximum Gasteiger partial charge on any atom is 0.273 e. The number of carbonyl (C=O) groups excluding carboxylic acids is 1. The zero-order valence-corrected chi connectivity index (χ0v) is 15.3. The molecule has 6 nitrogen and oxygen atoms in total. The molecule has 0 bridgehead atoms. The summed E-state index contributed by atoms with van der Waals surface area (Å²) in [5, 5.41) is 14.4. The van der Waals surface area contributed by atoms with Gasteiger partial charge in [0, 0.05) is 5.02 Å². The number of aromatic nitrogens is 3. The Balaban J connectivity index is 0.00000225. The molecule has 136 valence electrons. The predicted molar refractivity (Wildman–Crippen MR) is 95.7 cm³/mol. The standard InChI is InChI=1S/C16H19ClFN5O.ClH/c1-10(13-3-2-11(18)8-14(13)17)20-16(24)15-9-23(22-21-15)12-4-6-19-7-5-12;/h2-3,8-10,12,19H,4-7H2,1H3,(H,20,24);1H. The van der Waals surface area contributed by atoms with Gasteiger partial charge in [-0.15, -0.1) is 17.5 Å². The van der Waals surface area contributed by atoms with Crippen LogP contribution in [0, 0.1) is 5.82 Å². The third-order valence-electron chi connectivity index (χ3n) is 4.20. The summed E-state index contributed by atoms with van der Waals surface area (Å²) in [6, 6.07) is 4.01. The summed E-state index contributed by atoms with van der Waals surface area (Å²) in [7, 11) is 0. The molecule has 1 unspecified atom stereocenters. The topological polar surface area (TPSA) is 71.8 Å². The number of rotatable bonds is 4. The number of halogens is 3. The second-order valence-corrected chi connectivity index (χ2v) is 6.33. The SMILES string of the molecule is CC(NC(=O)c1cn(C2CCNCC2)nn1)c1ccc(F)cc1Cl.Cl. The number of amides is 1. The third-order valence-corrected chi connectivity index (χ3v) is 4.53. The average molecular weight is 388 g/mol. The average Bonchev–Trinajstić information content (AvgIpc) is 3.05. The number of hydrogen-bond donors (Lipinski definition) is 2. The van der Waals surface area contributed by atoms with Crippen molar-refractivity contribution in [3.63, 3.8) is 0 Å². The van der Waals surface area contributed by atoms with Crippen molar-refractivity contribution in [2.45, 2.75) is 31.8 Å². The van der Waals surface area contributed by atoms with Gasteiger partial charge < -0.3 is 10.6 Å². The second-order valence-electron chi connectivity index (χ2n) is 5.93. The summed E-state index contributed by atoms with van der Waals surface area (Å²) < 4.78 is 14.9. The van der Waals surface area contributed by atoms with Crippen molar-refractivity contribution in [3.8, 4) is 0 Å². The molecule has 1 aliphatic heterocycles. The van der Waals surface area contributed by atoms with Crippen molar-refractivity contribution in [1.29, 1.82) is 0 Å². The Morgan fingerprint density at radius 2 is 2.16 bits per heavy atom. The first kappa shape index (κ1) is 19.6. The van der Waals surface area contributed by atoms with Crippen molar-refractivity contribution in [3.05, 3.63) is 46.5 Å². The van der Waals surface area contributed by atoms with Crippen LogP contribution in [0.3, 0.4) is 0 Å². The molecule has 1 aliphatic rings. The van der Waals surface area contributed by atoms with Crippen molar-refractivity contribution in [1.82, 2.24) is 25.6 Å². The van der Waals surface area contributed by atoms with Gasteiger partial charge in [-0.25, -0.2) is 9.07 Å². The minimum Gasteiger partial charge on any atom is -0.344 e. The van der Waals surface area contributed by atoms with Gasteiger partial charge in [-0.3, -0.25) is 4.79 Å². The van der Waals surface area contributed by atoms with Crippen LogP contribution in [-0.2, 0) is 0 Å². The zero-order chi connectivity index (χ0) is 17.1. The van der Waals surface area contributed by atoms with E-state index in [4.69, 9.17) is 11.6 Å². The van der Waals surface area contributed by atoms with E-state index < -0.39 is 5.82 Å². The van der Waals surface area contributed by atoms with Crippen LogP contribution >= 0.6 is 24.0 Å². The van der Waals surface area contributed by atoms with Crippen molar-refractivity contribution in [2.75, 3.05) is 13.1 Å². The fraction of sp³-hybridized carbons (Fsp3) is 0.438. The molecule has 1 amide bonds. The molecule has 0 spiro atoms. The summed E-state index contributed by atoms with van der Waals surface area (Å²) >= 11 is 6.03. The number of hydrogen-bond acceptors (Lipinski definition) is 4. The van der Waals surface area contributed by atoms with Crippen LogP contribution in [-0.4, -0.2) is 34.0 Å². The summed E-state index contributed by atoms with van der Waals surface area (Å²) in [5.41, 5.74) is 0.913. The molecule has 2 aromatic rings. The third kappa shape index (κ3) is 4.68. The quantitative estimate of drug-likeness (QED) is 0.845. The van der Waals surface area contributed by atoms with Crippen LogP contribution in [0.4, 0.5) is 4.39 Å². The number of nitrogens with one attached hydrogen (secondary N) is 2. The summed E-state index contributed by atoms with van der Waals surface area (Å²) in [6.45, 7) is 3.66. The lowest BCUT2D eigenvalue weighted by atomic mass is 10.1. The molecule has 1 saturated heterocycles. The van der Waals surface area contributed by atoms with Gasteiger partial charge in [0.1, 0.15) is 5.82 Å². The Labute approximate surface area is 156 Å². The molecule has 2 N–H and O–H groups in total. The van der Waals surface area contributed by atoms with Crippen LogP contribution in [0.1, 0.15) is 47.9 Å². The normalized spacial score (nSPS) is 16.1. The molecule has 1 aromatic heterocycles.